The number of nitro benzene ring substituents is 1. The monoisotopic (exact) mass is 429 g/mol. The average molecular weight is 430 g/mol. The van der Waals surface area contributed by atoms with Crippen LogP contribution >= 0.6 is 15.9 Å². The van der Waals surface area contributed by atoms with Crippen molar-refractivity contribution in [2.45, 2.75) is 6.54 Å². The Bertz CT molecular complexity index is 985. The molecule has 7 nitrogen and oxygen atoms in total. The van der Waals surface area contributed by atoms with Gasteiger partial charge < -0.3 is 14.6 Å². The smallest absolute Gasteiger partial charge is 0.270 e. The number of non-ortho nitro benzene ring substituents is 1. The number of ether oxygens (including phenoxy) is 1. The Kier molecular flexibility index (Phi) is 5.87. The molecule has 3 aromatic rings. The van der Waals surface area contributed by atoms with Crippen molar-refractivity contribution in [2.24, 2.45) is 5.10 Å². The van der Waals surface area contributed by atoms with E-state index < -0.39 is 4.92 Å². The maximum absolute atomic E-state index is 10.8. The number of rotatable bonds is 7. The number of hydrazone groups is 1. The third kappa shape index (κ3) is 4.53. The number of hydrogen-bond donors (Lipinski definition) is 1. The number of para-hydroxylation sites is 1. The third-order valence-electron chi connectivity index (χ3n) is 3.80. The first kappa shape index (κ1) is 18.7. The van der Waals surface area contributed by atoms with E-state index in [-0.39, 0.29) is 5.69 Å². The molecule has 0 aliphatic carbocycles. The van der Waals surface area contributed by atoms with E-state index in [0.29, 0.717) is 22.5 Å². The Hall–Kier alpha value is -3.13. The number of methoxy groups -OCH3 is 1. The first-order valence-corrected chi connectivity index (χ1v) is 8.80. The van der Waals surface area contributed by atoms with Crippen LogP contribution in [-0.2, 0) is 6.54 Å². The second kappa shape index (κ2) is 8.50. The zero-order valence-electron chi connectivity index (χ0n) is 14.4. The summed E-state index contributed by atoms with van der Waals surface area (Å²) in [5.74, 6) is 1.94. The van der Waals surface area contributed by atoms with Crippen molar-refractivity contribution in [3.8, 4) is 17.1 Å². The van der Waals surface area contributed by atoms with Gasteiger partial charge in [-0.05, 0) is 40.2 Å². The fraction of sp³-hybridized carbons (Fsp3) is 0.105. The van der Waals surface area contributed by atoms with E-state index >= 15 is 0 Å². The summed E-state index contributed by atoms with van der Waals surface area (Å²) in [6.45, 7) is 0.516. The molecule has 0 saturated carbocycles. The van der Waals surface area contributed by atoms with Gasteiger partial charge in [0.05, 0.1) is 24.8 Å². The molecule has 27 heavy (non-hydrogen) atoms. The molecule has 0 aliphatic rings. The van der Waals surface area contributed by atoms with Gasteiger partial charge in [-0.3, -0.25) is 10.1 Å². The summed E-state index contributed by atoms with van der Waals surface area (Å²) in [6.07, 6.45) is 1.57. The molecular formula is C19H16BrN3O4. The van der Waals surface area contributed by atoms with Crippen molar-refractivity contribution >= 4 is 27.8 Å². The lowest BCUT2D eigenvalue weighted by Crippen LogP contribution is -2.06. The van der Waals surface area contributed by atoms with Crippen LogP contribution in [0.4, 0.5) is 5.69 Å². The Morgan fingerprint density at radius 2 is 2.07 bits per heavy atom. The van der Waals surface area contributed by atoms with E-state index in [1.807, 2.05) is 24.3 Å². The summed E-state index contributed by atoms with van der Waals surface area (Å²) in [6, 6.07) is 15.8. The predicted molar refractivity (Wildman–Crippen MR) is 106 cm³/mol. The van der Waals surface area contributed by atoms with Gasteiger partial charge in [-0.15, -0.1) is 0 Å². The highest BCUT2D eigenvalue weighted by molar-refractivity contribution is 9.10. The predicted octanol–water partition coefficient (Wildman–Crippen LogP) is 4.75. The lowest BCUT2D eigenvalue weighted by molar-refractivity contribution is -0.384. The molecule has 1 aromatic heterocycles. The van der Waals surface area contributed by atoms with Gasteiger partial charge in [-0.2, -0.15) is 5.10 Å². The lowest BCUT2D eigenvalue weighted by Gasteiger charge is -2.06. The minimum absolute atomic E-state index is 0.0134. The number of halogens is 1. The van der Waals surface area contributed by atoms with Crippen LogP contribution in [0, 0.1) is 10.1 Å². The van der Waals surface area contributed by atoms with Crippen molar-refractivity contribution in [2.75, 3.05) is 7.11 Å². The molecule has 0 amide bonds. The average Bonchev–Trinajstić information content (AvgIpc) is 3.14. The van der Waals surface area contributed by atoms with Crippen molar-refractivity contribution in [3.05, 3.63) is 80.5 Å². The van der Waals surface area contributed by atoms with Crippen LogP contribution in [0.1, 0.15) is 11.3 Å². The number of benzene rings is 2. The molecule has 0 aliphatic heterocycles. The second-order valence-electron chi connectivity index (χ2n) is 5.53. The van der Waals surface area contributed by atoms with Gasteiger partial charge >= 0.3 is 0 Å². The van der Waals surface area contributed by atoms with Gasteiger partial charge in [-0.1, -0.05) is 18.2 Å². The van der Waals surface area contributed by atoms with E-state index in [0.717, 1.165) is 16.9 Å². The number of nitrogens with zero attached hydrogens (tertiary/aromatic N) is 2. The maximum Gasteiger partial charge on any atom is 0.270 e. The fourth-order valence-electron chi connectivity index (χ4n) is 2.47. The number of nitrogens with one attached hydrogen (secondary N) is 1. The molecule has 138 valence electrons. The van der Waals surface area contributed by atoms with Gasteiger partial charge in [0.2, 0.25) is 0 Å². The number of furan rings is 1. The molecule has 8 heteroatoms. The van der Waals surface area contributed by atoms with Gasteiger partial charge in [0.25, 0.3) is 5.69 Å². The Morgan fingerprint density at radius 3 is 2.81 bits per heavy atom. The van der Waals surface area contributed by atoms with E-state index in [2.05, 4.69) is 26.5 Å². The molecule has 0 bridgehead atoms. The largest absolute Gasteiger partial charge is 0.496 e. The van der Waals surface area contributed by atoms with Crippen LogP contribution in [-0.4, -0.2) is 18.2 Å². The van der Waals surface area contributed by atoms with Crippen molar-refractivity contribution < 1.29 is 14.1 Å². The van der Waals surface area contributed by atoms with Crippen LogP contribution in [0.25, 0.3) is 11.3 Å². The van der Waals surface area contributed by atoms with Crippen LogP contribution in [0.5, 0.6) is 5.75 Å². The number of nitro groups is 1. The molecule has 0 fully saturated rings. The Morgan fingerprint density at radius 1 is 1.26 bits per heavy atom. The van der Waals surface area contributed by atoms with Crippen LogP contribution in [0.15, 0.2) is 68.6 Å². The maximum atomic E-state index is 10.8. The first-order valence-electron chi connectivity index (χ1n) is 8.00. The van der Waals surface area contributed by atoms with E-state index in [4.69, 9.17) is 9.15 Å². The van der Waals surface area contributed by atoms with Crippen molar-refractivity contribution in [1.29, 1.82) is 0 Å². The summed E-state index contributed by atoms with van der Waals surface area (Å²) in [7, 11) is 1.63. The summed E-state index contributed by atoms with van der Waals surface area (Å²) in [5.41, 5.74) is 4.68. The highest BCUT2D eigenvalue weighted by Gasteiger charge is 2.12. The highest BCUT2D eigenvalue weighted by atomic mass is 79.9. The molecule has 0 radical (unpaired) electrons. The molecule has 1 N–H and O–H groups in total. The third-order valence-corrected chi connectivity index (χ3v) is 4.46. The van der Waals surface area contributed by atoms with Crippen LogP contribution < -0.4 is 10.2 Å². The van der Waals surface area contributed by atoms with Gasteiger partial charge in [0, 0.05) is 27.7 Å². The molecule has 0 spiro atoms. The Labute approximate surface area is 163 Å². The Balaban J connectivity index is 1.66. The van der Waals surface area contributed by atoms with E-state index in [9.17, 15) is 10.1 Å². The summed E-state index contributed by atoms with van der Waals surface area (Å²) < 4.78 is 11.6. The van der Waals surface area contributed by atoms with Crippen molar-refractivity contribution in [1.82, 2.24) is 5.43 Å². The number of hydrogen-bond acceptors (Lipinski definition) is 6. The summed E-state index contributed by atoms with van der Waals surface area (Å²) in [4.78, 5) is 10.4. The minimum Gasteiger partial charge on any atom is -0.496 e. The molecule has 0 saturated heterocycles. The molecule has 2 aromatic carbocycles. The van der Waals surface area contributed by atoms with Crippen LogP contribution in [0.2, 0.25) is 0 Å². The molecule has 1 heterocycles. The van der Waals surface area contributed by atoms with Crippen molar-refractivity contribution in [3.63, 3.8) is 0 Å². The van der Waals surface area contributed by atoms with Gasteiger partial charge in [0.15, 0.2) is 0 Å². The summed E-state index contributed by atoms with van der Waals surface area (Å²) >= 11 is 3.34. The summed E-state index contributed by atoms with van der Waals surface area (Å²) in [5, 5.41) is 15.0. The molecule has 3 rings (SSSR count). The zero-order chi connectivity index (χ0) is 19.2. The normalized spacial score (nSPS) is 10.9. The quantitative estimate of drug-likeness (QED) is 0.332. The van der Waals surface area contributed by atoms with Crippen LogP contribution in [0.3, 0.4) is 0 Å². The first-order chi connectivity index (χ1) is 13.1. The molecular weight excluding hydrogens is 414 g/mol. The van der Waals surface area contributed by atoms with Gasteiger partial charge in [-0.25, -0.2) is 0 Å². The molecule has 0 atom stereocenters. The fourth-order valence-corrected chi connectivity index (χ4v) is 3.04. The topological polar surface area (TPSA) is 89.9 Å². The SMILES string of the molecule is COc1ccccc1CN/N=C/c1ccc(-c2ccc([N+](=O)[O-])cc2Br)o1. The zero-order valence-corrected chi connectivity index (χ0v) is 16.0. The van der Waals surface area contributed by atoms with Gasteiger partial charge in [0.1, 0.15) is 17.3 Å². The van der Waals surface area contributed by atoms with E-state index in [1.165, 1.54) is 12.1 Å². The second-order valence-corrected chi connectivity index (χ2v) is 6.38. The lowest BCUT2D eigenvalue weighted by atomic mass is 10.1. The van der Waals surface area contributed by atoms with E-state index in [1.54, 1.807) is 31.5 Å². The molecule has 0 unspecified atom stereocenters. The standard InChI is InChI=1S/C19H16BrN3O4/c1-26-18-5-3-2-4-13(18)11-21-22-12-15-7-9-19(27-15)16-8-6-14(23(24)25)10-17(16)20/h2-10,12,21H,11H2,1H3/b22-12+. The minimum atomic E-state index is -0.442. The highest BCUT2D eigenvalue weighted by Crippen LogP contribution is 2.32.